The zero-order chi connectivity index (χ0) is 18.4. The largest absolute Gasteiger partial charge is 0.352 e. The van der Waals surface area contributed by atoms with E-state index < -0.39 is 0 Å². The van der Waals surface area contributed by atoms with Gasteiger partial charge in [0.1, 0.15) is 0 Å². The minimum absolute atomic E-state index is 0.00677. The van der Waals surface area contributed by atoms with Crippen LogP contribution >= 0.6 is 12.2 Å². The average Bonchev–Trinajstić information content (AvgIpc) is 2.68. The van der Waals surface area contributed by atoms with Crippen LogP contribution in [0.5, 0.6) is 0 Å². The molecule has 0 aliphatic carbocycles. The van der Waals surface area contributed by atoms with Crippen molar-refractivity contribution in [1.82, 2.24) is 5.32 Å². The minimum Gasteiger partial charge on any atom is -0.352 e. The van der Waals surface area contributed by atoms with Crippen molar-refractivity contribution < 1.29 is 0 Å². The molecule has 1 atom stereocenters. The number of thiocarbonyl (C=S) groups is 1. The first-order chi connectivity index (χ1) is 12.7. The van der Waals surface area contributed by atoms with Crippen LogP contribution in [0.1, 0.15) is 35.2 Å². The Labute approximate surface area is 161 Å². The van der Waals surface area contributed by atoms with Crippen LogP contribution in [0.2, 0.25) is 0 Å². The van der Waals surface area contributed by atoms with Crippen molar-refractivity contribution in [3.8, 4) is 0 Å². The van der Waals surface area contributed by atoms with E-state index in [0.29, 0.717) is 5.11 Å². The van der Waals surface area contributed by atoms with Gasteiger partial charge in [-0.3, -0.25) is 0 Å². The number of hydrogen-bond donors (Lipinski definition) is 2. The van der Waals surface area contributed by atoms with Crippen molar-refractivity contribution in [1.29, 1.82) is 0 Å². The van der Waals surface area contributed by atoms with Crippen LogP contribution in [0, 0.1) is 6.92 Å². The Hall–Kier alpha value is -2.65. The molecule has 3 aromatic rings. The summed E-state index contributed by atoms with van der Waals surface area (Å²) < 4.78 is 0. The summed E-state index contributed by atoms with van der Waals surface area (Å²) in [6.45, 7) is 4.29. The van der Waals surface area contributed by atoms with Gasteiger partial charge in [-0.2, -0.15) is 0 Å². The molecule has 0 bridgehead atoms. The zero-order valence-electron chi connectivity index (χ0n) is 15.2. The highest BCUT2D eigenvalue weighted by atomic mass is 32.1. The van der Waals surface area contributed by atoms with Crippen LogP contribution < -0.4 is 10.6 Å². The monoisotopic (exact) mass is 360 g/mol. The van der Waals surface area contributed by atoms with Gasteiger partial charge in [-0.1, -0.05) is 73.7 Å². The summed E-state index contributed by atoms with van der Waals surface area (Å²) in [6, 6.07) is 27.2. The summed E-state index contributed by atoms with van der Waals surface area (Å²) in [5, 5.41) is 7.41. The summed E-state index contributed by atoms with van der Waals surface area (Å²) >= 11 is 5.59. The molecule has 0 aliphatic rings. The molecule has 0 radical (unpaired) electrons. The summed E-state index contributed by atoms with van der Waals surface area (Å²) in [4.78, 5) is 0. The number of nitrogens with one attached hydrogen (secondary N) is 2. The van der Waals surface area contributed by atoms with Crippen LogP contribution in [-0.2, 0) is 6.42 Å². The fourth-order valence-corrected chi connectivity index (χ4v) is 3.25. The Balaban J connectivity index is 1.81. The van der Waals surface area contributed by atoms with Crippen molar-refractivity contribution in [3.63, 3.8) is 0 Å². The van der Waals surface area contributed by atoms with E-state index in [2.05, 4.69) is 97.3 Å². The number of hydrogen-bond acceptors (Lipinski definition) is 1. The van der Waals surface area contributed by atoms with Crippen molar-refractivity contribution in [2.24, 2.45) is 0 Å². The molecule has 2 nitrogen and oxygen atoms in total. The molecule has 3 aromatic carbocycles. The molecular formula is C23H24N2S. The molecule has 26 heavy (non-hydrogen) atoms. The molecule has 0 heterocycles. The average molecular weight is 361 g/mol. The smallest absolute Gasteiger partial charge is 0.171 e. The first-order valence-corrected chi connectivity index (χ1v) is 9.35. The second-order valence-corrected chi connectivity index (χ2v) is 6.76. The third-order valence-corrected chi connectivity index (χ3v) is 4.75. The Kier molecular flexibility index (Phi) is 6.03. The molecule has 0 unspecified atom stereocenters. The molecule has 3 heteroatoms. The summed E-state index contributed by atoms with van der Waals surface area (Å²) in [6.07, 6.45) is 1.03. The molecule has 0 saturated heterocycles. The van der Waals surface area contributed by atoms with E-state index in [1.807, 2.05) is 6.07 Å². The Morgan fingerprint density at radius 3 is 2.19 bits per heavy atom. The van der Waals surface area contributed by atoms with Crippen molar-refractivity contribution in [3.05, 3.63) is 101 Å². The van der Waals surface area contributed by atoms with Gasteiger partial charge in [0.25, 0.3) is 0 Å². The predicted molar refractivity (Wildman–Crippen MR) is 115 cm³/mol. The van der Waals surface area contributed by atoms with Gasteiger partial charge >= 0.3 is 0 Å². The molecule has 0 spiro atoms. The Morgan fingerprint density at radius 1 is 0.885 bits per heavy atom. The van der Waals surface area contributed by atoms with Gasteiger partial charge in [0, 0.05) is 5.69 Å². The van der Waals surface area contributed by atoms with Crippen LogP contribution in [0.4, 0.5) is 5.69 Å². The van der Waals surface area contributed by atoms with Crippen LogP contribution in [0.25, 0.3) is 0 Å². The topological polar surface area (TPSA) is 24.1 Å². The lowest BCUT2D eigenvalue weighted by Crippen LogP contribution is -2.33. The summed E-state index contributed by atoms with van der Waals surface area (Å²) in [5.41, 5.74) is 5.97. The van der Waals surface area contributed by atoms with E-state index in [1.165, 1.54) is 22.3 Å². The molecule has 0 amide bonds. The van der Waals surface area contributed by atoms with Gasteiger partial charge < -0.3 is 10.6 Å². The van der Waals surface area contributed by atoms with Gasteiger partial charge in [0.15, 0.2) is 5.11 Å². The Bertz CT molecular complexity index is 857. The minimum atomic E-state index is 0.00677. The number of rotatable bonds is 5. The van der Waals surface area contributed by atoms with Gasteiger partial charge in [0.2, 0.25) is 0 Å². The van der Waals surface area contributed by atoms with Gasteiger partial charge in [0.05, 0.1) is 6.04 Å². The fourth-order valence-electron chi connectivity index (χ4n) is 3.02. The first-order valence-electron chi connectivity index (χ1n) is 8.94. The predicted octanol–water partition coefficient (Wildman–Crippen LogP) is 5.63. The molecule has 3 rings (SSSR count). The van der Waals surface area contributed by atoms with Crippen molar-refractivity contribution in [2.75, 3.05) is 5.32 Å². The van der Waals surface area contributed by atoms with Gasteiger partial charge in [-0.05, 0) is 59.9 Å². The van der Waals surface area contributed by atoms with E-state index >= 15 is 0 Å². The van der Waals surface area contributed by atoms with Crippen LogP contribution in [0.3, 0.4) is 0 Å². The SMILES string of the molecule is CCc1ccc(NC(=S)N[C@H](c2ccccc2)c2ccccc2C)cc1. The van der Waals surface area contributed by atoms with E-state index in [0.717, 1.165) is 12.1 Å². The highest BCUT2D eigenvalue weighted by molar-refractivity contribution is 7.80. The van der Waals surface area contributed by atoms with E-state index in [4.69, 9.17) is 12.2 Å². The van der Waals surface area contributed by atoms with E-state index in [9.17, 15) is 0 Å². The molecule has 132 valence electrons. The lowest BCUT2D eigenvalue weighted by Gasteiger charge is -2.23. The molecule has 0 saturated carbocycles. The third-order valence-electron chi connectivity index (χ3n) is 4.53. The number of anilines is 1. The number of aryl methyl sites for hydroxylation is 2. The number of benzene rings is 3. The van der Waals surface area contributed by atoms with Crippen molar-refractivity contribution in [2.45, 2.75) is 26.3 Å². The first kappa shape index (κ1) is 18.2. The maximum atomic E-state index is 5.59. The van der Waals surface area contributed by atoms with E-state index in [-0.39, 0.29) is 6.04 Å². The lowest BCUT2D eigenvalue weighted by molar-refractivity contribution is 0.762. The zero-order valence-corrected chi connectivity index (χ0v) is 16.0. The van der Waals surface area contributed by atoms with Crippen LogP contribution in [0.15, 0.2) is 78.9 Å². The third kappa shape index (κ3) is 4.50. The molecule has 2 N–H and O–H groups in total. The summed E-state index contributed by atoms with van der Waals surface area (Å²) in [7, 11) is 0. The van der Waals surface area contributed by atoms with E-state index in [1.54, 1.807) is 0 Å². The molecular weight excluding hydrogens is 336 g/mol. The maximum Gasteiger partial charge on any atom is 0.171 e. The summed E-state index contributed by atoms with van der Waals surface area (Å²) in [5.74, 6) is 0. The lowest BCUT2D eigenvalue weighted by atomic mass is 9.95. The highest BCUT2D eigenvalue weighted by Gasteiger charge is 2.16. The second-order valence-electron chi connectivity index (χ2n) is 6.35. The standard InChI is InChI=1S/C23H24N2S/c1-3-18-13-15-20(16-14-18)24-23(26)25-22(19-10-5-4-6-11-19)21-12-8-7-9-17(21)2/h4-16,22H,3H2,1-2H3,(H2,24,25,26)/t22-/m1/s1. The second kappa shape index (κ2) is 8.63. The quantitative estimate of drug-likeness (QED) is 0.576. The molecule has 0 aliphatic heterocycles. The van der Waals surface area contributed by atoms with Crippen molar-refractivity contribution >= 4 is 23.0 Å². The highest BCUT2D eigenvalue weighted by Crippen LogP contribution is 2.25. The normalized spacial score (nSPS) is 11.6. The molecule has 0 aromatic heterocycles. The molecule has 0 fully saturated rings. The van der Waals surface area contributed by atoms with Gasteiger partial charge in [-0.15, -0.1) is 0 Å². The maximum absolute atomic E-state index is 5.59. The van der Waals surface area contributed by atoms with Gasteiger partial charge in [-0.25, -0.2) is 0 Å². The Morgan fingerprint density at radius 2 is 1.54 bits per heavy atom. The van der Waals surface area contributed by atoms with Crippen LogP contribution in [-0.4, -0.2) is 5.11 Å². The fraction of sp³-hybridized carbons (Fsp3) is 0.174.